The molecule has 11 aromatic rings. The number of pyridine rings is 1. The summed E-state index contributed by atoms with van der Waals surface area (Å²) < 4.78 is 4.70. The average Bonchev–Trinajstić information content (AvgIpc) is 3.97. The van der Waals surface area contributed by atoms with Gasteiger partial charge in [0, 0.05) is 68.6 Å². The Morgan fingerprint density at radius 3 is 1.73 bits per heavy atom. The van der Waals surface area contributed by atoms with Crippen LogP contribution in [-0.2, 0) is 5.41 Å². The molecule has 4 heteroatoms. The molecule has 0 spiro atoms. The van der Waals surface area contributed by atoms with Crippen molar-refractivity contribution in [1.82, 2.24) is 14.1 Å². The molecule has 4 nitrogen and oxygen atoms in total. The van der Waals surface area contributed by atoms with E-state index in [0.717, 1.165) is 39.6 Å². The van der Waals surface area contributed by atoms with E-state index in [9.17, 15) is 0 Å². The third kappa shape index (κ3) is 5.72. The summed E-state index contributed by atoms with van der Waals surface area (Å²) in [5.74, 6) is 0. The van der Waals surface area contributed by atoms with Crippen LogP contribution in [0.5, 0.6) is 0 Å². The van der Waals surface area contributed by atoms with Crippen LogP contribution in [0.1, 0.15) is 25.0 Å². The lowest BCUT2D eigenvalue weighted by molar-refractivity contribution is 0.660. The first-order chi connectivity index (χ1) is 30.5. The Morgan fingerprint density at radius 2 is 1.00 bits per heavy atom. The van der Waals surface area contributed by atoms with Crippen LogP contribution in [0.4, 0.5) is 17.1 Å². The fourth-order valence-corrected chi connectivity index (χ4v) is 9.93. The maximum absolute atomic E-state index is 4.23. The Bertz CT molecular complexity index is 3450. The molecule has 294 valence electrons. The summed E-state index contributed by atoms with van der Waals surface area (Å²) in [6.45, 7) is 4.70. The largest absolute Gasteiger partial charge is 0.316 e. The van der Waals surface area contributed by atoms with Gasteiger partial charge in [-0.05, 0) is 148 Å². The van der Waals surface area contributed by atoms with Crippen LogP contribution in [0.15, 0.2) is 219 Å². The number of anilines is 3. The number of hydrogen-bond donors (Lipinski definition) is 0. The first-order valence-electron chi connectivity index (χ1n) is 21.4. The molecule has 0 N–H and O–H groups in total. The second-order valence-electron chi connectivity index (χ2n) is 16.9. The predicted molar refractivity (Wildman–Crippen MR) is 259 cm³/mol. The Labute approximate surface area is 361 Å². The first-order valence-corrected chi connectivity index (χ1v) is 21.4. The van der Waals surface area contributed by atoms with Crippen molar-refractivity contribution < 1.29 is 0 Å². The van der Waals surface area contributed by atoms with Crippen LogP contribution < -0.4 is 4.90 Å². The molecule has 0 amide bonds. The summed E-state index contributed by atoms with van der Waals surface area (Å²) in [6, 6.07) is 73.2. The van der Waals surface area contributed by atoms with E-state index in [1.807, 2.05) is 12.4 Å². The minimum absolute atomic E-state index is 0.109. The number of rotatable bonds is 7. The summed E-state index contributed by atoms with van der Waals surface area (Å²) in [5, 5.41) is 3.69. The third-order valence-electron chi connectivity index (χ3n) is 13.0. The Morgan fingerprint density at radius 1 is 0.419 bits per heavy atom. The van der Waals surface area contributed by atoms with Gasteiger partial charge in [-0.15, -0.1) is 0 Å². The highest BCUT2D eigenvalue weighted by molar-refractivity contribution is 6.14. The molecule has 1 aliphatic rings. The standard InChI is InChI=1S/C58H42N4/c1-58(2)53-16-10-9-15-49(53)50-27-26-48(37-54(50)58)61(46-22-17-39(18-23-46)41-29-32-59-33-30-41)47-24-19-40(20-25-47)42-21-28-55-51(35-42)52-36-43-31-34-60(44-11-5-3-6-12-44)56(43)38-57(52)62(55)45-13-7-4-8-14-45/h3-38H,1-2H3. The minimum Gasteiger partial charge on any atom is -0.316 e. The fraction of sp³-hybridized carbons (Fsp3) is 0.0517. The van der Waals surface area contributed by atoms with E-state index in [1.165, 1.54) is 66.1 Å². The van der Waals surface area contributed by atoms with E-state index < -0.39 is 0 Å². The van der Waals surface area contributed by atoms with E-state index in [1.54, 1.807) is 0 Å². The van der Waals surface area contributed by atoms with Gasteiger partial charge in [-0.3, -0.25) is 4.98 Å². The number of nitrogens with zero attached hydrogens (tertiary/aromatic N) is 4. The molecule has 0 radical (unpaired) electrons. The molecule has 0 fully saturated rings. The van der Waals surface area contributed by atoms with Crippen molar-refractivity contribution in [3.63, 3.8) is 0 Å². The zero-order valence-corrected chi connectivity index (χ0v) is 34.6. The van der Waals surface area contributed by atoms with Crippen molar-refractivity contribution in [3.8, 4) is 44.8 Å². The maximum Gasteiger partial charge on any atom is 0.0562 e. The fourth-order valence-electron chi connectivity index (χ4n) is 9.93. The van der Waals surface area contributed by atoms with Crippen LogP contribution in [0.3, 0.4) is 0 Å². The average molecular weight is 795 g/mol. The molecule has 0 unspecified atom stereocenters. The zero-order chi connectivity index (χ0) is 41.4. The molecule has 3 heterocycles. The number of para-hydroxylation sites is 2. The number of hydrogen-bond acceptors (Lipinski definition) is 2. The third-order valence-corrected chi connectivity index (χ3v) is 13.0. The molecule has 0 aliphatic heterocycles. The van der Waals surface area contributed by atoms with E-state index in [-0.39, 0.29) is 5.41 Å². The van der Waals surface area contributed by atoms with Crippen molar-refractivity contribution in [2.45, 2.75) is 19.3 Å². The maximum atomic E-state index is 4.23. The van der Waals surface area contributed by atoms with Crippen LogP contribution >= 0.6 is 0 Å². The van der Waals surface area contributed by atoms with E-state index >= 15 is 0 Å². The van der Waals surface area contributed by atoms with Crippen molar-refractivity contribution >= 4 is 49.8 Å². The summed E-state index contributed by atoms with van der Waals surface area (Å²) in [6.07, 6.45) is 5.88. The van der Waals surface area contributed by atoms with Crippen LogP contribution in [-0.4, -0.2) is 14.1 Å². The molecular weight excluding hydrogens is 753 g/mol. The van der Waals surface area contributed by atoms with E-state index in [2.05, 4.69) is 239 Å². The van der Waals surface area contributed by atoms with Crippen LogP contribution in [0.2, 0.25) is 0 Å². The van der Waals surface area contributed by atoms with Gasteiger partial charge >= 0.3 is 0 Å². The van der Waals surface area contributed by atoms with E-state index in [0.29, 0.717) is 0 Å². The number of aromatic nitrogens is 3. The van der Waals surface area contributed by atoms with Gasteiger partial charge in [0.2, 0.25) is 0 Å². The monoisotopic (exact) mass is 794 g/mol. The quantitative estimate of drug-likeness (QED) is 0.161. The van der Waals surface area contributed by atoms with Gasteiger partial charge in [0.1, 0.15) is 0 Å². The van der Waals surface area contributed by atoms with Gasteiger partial charge in [-0.2, -0.15) is 0 Å². The lowest BCUT2D eigenvalue weighted by Gasteiger charge is -2.28. The van der Waals surface area contributed by atoms with Gasteiger partial charge in [-0.1, -0.05) is 111 Å². The molecular formula is C58H42N4. The zero-order valence-electron chi connectivity index (χ0n) is 34.6. The second-order valence-corrected chi connectivity index (χ2v) is 16.9. The van der Waals surface area contributed by atoms with Crippen LogP contribution in [0.25, 0.3) is 77.5 Å². The molecule has 0 bridgehead atoms. The highest BCUT2D eigenvalue weighted by atomic mass is 15.1. The molecule has 0 saturated heterocycles. The topological polar surface area (TPSA) is 26.0 Å². The molecule has 1 aliphatic carbocycles. The van der Waals surface area contributed by atoms with Gasteiger partial charge in [0.25, 0.3) is 0 Å². The smallest absolute Gasteiger partial charge is 0.0562 e. The molecule has 62 heavy (non-hydrogen) atoms. The summed E-state index contributed by atoms with van der Waals surface area (Å²) in [4.78, 5) is 6.62. The highest BCUT2D eigenvalue weighted by Gasteiger charge is 2.35. The molecule has 8 aromatic carbocycles. The van der Waals surface area contributed by atoms with E-state index in [4.69, 9.17) is 0 Å². The van der Waals surface area contributed by atoms with Crippen molar-refractivity contribution in [2.75, 3.05) is 4.90 Å². The highest BCUT2D eigenvalue weighted by Crippen LogP contribution is 2.51. The Balaban J connectivity index is 0.971. The van der Waals surface area contributed by atoms with Gasteiger partial charge in [-0.25, -0.2) is 0 Å². The number of fused-ring (bicyclic) bond motifs is 7. The lowest BCUT2D eigenvalue weighted by atomic mass is 9.82. The van der Waals surface area contributed by atoms with Gasteiger partial charge in [0.15, 0.2) is 0 Å². The SMILES string of the molecule is CC1(C)c2ccccc2-c2ccc(N(c3ccc(-c4ccncc4)cc3)c3ccc(-c4ccc5c(c4)c4cc6ccn(-c7ccccc7)c6cc4n5-c4ccccc4)cc3)cc21. The lowest BCUT2D eigenvalue weighted by Crippen LogP contribution is -2.16. The number of benzene rings is 8. The summed E-state index contributed by atoms with van der Waals surface area (Å²) >= 11 is 0. The van der Waals surface area contributed by atoms with Crippen molar-refractivity contribution in [1.29, 1.82) is 0 Å². The minimum atomic E-state index is -0.109. The van der Waals surface area contributed by atoms with Crippen molar-refractivity contribution in [3.05, 3.63) is 230 Å². The molecule has 3 aromatic heterocycles. The normalized spacial score (nSPS) is 12.8. The summed E-state index contributed by atoms with van der Waals surface area (Å²) in [7, 11) is 0. The van der Waals surface area contributed by atoms with Gasteiger partial charge in [0.05, 0.1) is 16.6 Å². The molecule has 12 rings (SSSR count). The Kier molecular flexibility index (Phi) is 8.16. The molecule has 0 saturated carbocycles. The first kappa shape index (κ1) is 35.9. The predicted octanol–water partition coefficient (Wildman–Crippen LogP) is 15.2. The van der Waals surface area contributed by atoms with Crippen molar-refractivity contribution in [2.24, 2.45) is 0 Å². The second kappa shape index (κ2) is 14.1. The Hall–Kier alpha value is -7.95. The summed E-state index contributed by atoms with van der Waals surface area (Å²) in [5.41, 5.74) is 19.1. The van der Waals surface area contributed by atoms with Gasteiger partial charge < -0.3 is 14.0 Å². The molecule has 0 atom stereocenters. The van der Waals surface area contributed by atoms with Crippen LogP contribution in [0, 0.1) is 0 Å².